The van der Waals surface area contributed by atoms with Crippen molar-refractivity contribution in [2.75, 3.05) is 11.9 Å². The maximum absolute atomic E-state index is 6.00. The molecule has 1 N–H and O–H groups in total. The highest BCUT2D eigenvalue weighted by atomic mass is 79.9. The molecule has 4 heteroatoms. The van der Waals surface area contributed by atoms with Crippen LogP contribution in [0.4, 0.5) is 5.69 Å². The molecule has 0 amide bonds. The van der Waals surface area contributed by atoms with Crippen molar-refractivity contribution in [2.45, 2.75) is 57.6 Å². The van der Waals surface area contributed by atoms with Gasteiger partial charge in [-0.25, -0.2) is 4.98 Å². The zero-order valence-corrected chi connectivity index (χ0v) is 13.7. The molecule has 0 bridgehead atoms. The number of nitrogens with zero attached hydrogens (tertiary/aromatic N) is 1. The number of ether oxygens (including phenoxy) is 1. The Hall–Kier alpha value is -0.610. The summed E-state index contributed by atoms with van der Waals surface area (Å²) in [5.41, 5.74) is 1.46. The Morgan fingerprint density at radius 1 is 1.40 bits per heavy atom. The van der Waals surface area contributed by atoms with E-state index in [0.29, 0.717) is 17.6 Å². The van der Waals surface area contributed by atoms with Gasteiger partial charge in [0.15, 0.2) is 0 Å². The number of anilines is 1. The van der Waals surface area contributed by atoms with E-state index < -0.39 is 0 Å². The van der Waals surface area contributed by atoms with Gasteiger partial charge in [-0.15, -0.1) is 0 Å². The minimum atomic E-state index is 0.351. The fraction of sp³-hybridized carbons (Fsp3) is 0.688. The average molecular weight is 339 g/mol. The summed E-state index contributed by atoms with van der Waals surface area (Å²) in [4.78, 5) is 4.30. The van der Waals surface area contributed by atoms with E-state index >= 15 is 0 Å². The molecule has 1 heterocycles. The molecular formula is C16H23BrN2O. The lowest BCUT2D eigenvalue weighted by Gasteiger charge is -2.58. The molecule has 0 saturated heterocycles. The molecule has 2 aliphatic rings. The lowest BCUT2D eigenvalue weighted by Crippen LogP contribution is -2.62. The Kier molecular flexibility index (Phi) is 4.32. The zero-order valence-electron chi connectivity index (χ0n) is 12.1. The van der Waals surface area contributed by atoms with Gasteiger partial charge in [0, 0.05) is 24.3 Å². The van der Waals surface area contributed by atoms with Gasteiger partial charge in [0.25, 0.3) is 0 Å². The van der Waals surface area contributed by atoms with Crippen molar-refractivity contribution in [3.8, 4) is 0 Å². The average Bonchev–Trinajstić information content (AvgIpc) is 2.49. The third-order valence-electron chi connectivity index (χ3n) is 5.03. The van der Waals surface area contributed by atoms with Gasteiger partial charge in [0.1, 0.15) is 4.60 Å². The van der Waals surface area contributed by atoms with Gasteiger partial charge in [-0.2, -0.15) is 0 Å². The Balaban J connectivity index is 1.75. The molecule has 2 atom stereocenters. The molecule has 110 valence electrons. The maximum atomic E-state index is 6.00. The number of nitrogens with one attached hydrogen (secondary N) is 1. The number of pyridine rings is 1. The first-order valence-electron chi connectivity index (χ1n) is 7.75. The summed E-state index contributed by atoms with van der Waals surface area (Å²) in [7, 11) is 0. The third kappa shape index (κ3) is 2.48. The van der Waals surface area contributed by atoms with Gasteiger partial charge in [-0.1, -0.05) is 19.3 Å². The molecule has 1 aromatic rings. The quantitative estimate of drug-likeness (QED) is 0.827. The van der Waals surface area contributed by atoms with Crippen LogP contribution in [0, 0.1) is 5.41 Å². The van der Waals surface area contributed by atoms with Gasteiger partial charge in [-0.05, 0) is 54.2 Å². The second kappa shape index (κ2) is 6.02. The largest absolute Gasteiger partial charge is 0.379 e. The van der Waals surface area contributed by atoms with Crippen LogP contribution in [0.1, 0.15) is 45.4 Å². The van der Waals surface area contributed by atoms with E-state index in [1.807, 2.05) is 12.3 Å². The lowest BCUT2D eigenvalue weighted by atomic mass is 9.55. The molecule has 1 aromatic heterocycles. The van der Waals surface area contributed by atoms with Crippen molar-refractivity contribution in [3.63, 3.8) is 0 Å². The highest BCUT2D eigenvalue weighted by Gasteiger charge is 2.55. The number of aromatic nitrogens is 1. The molecule has 0 radical (unpaired) electrons. The Labute approximate surface area is 129 Å². The molecule has 0 aliphatic heterocycles. The number of hydrogen-bond acceptors (Lipinski definition) is 3. The van der Waals surface area contributed by atoms with Crippen molar-refractivity contribution in [1.82, 2.24) is 4.98 Å². The van der Waals surface area contributed by atoms with Crippen molar-refractivity contribution < 1.29 is 4.74 Å². The molecule has 1 spiro atoms. The Morgan fingerprint density at radius 2 is 2.20 bits per heavy atom. The first-order chi connectivity index (χ1) is 9.76. The first-order valence-corrected chi connectivity index (χ1v) is 8.54. The molecule has 2 saturated carbocycles. The van der Waals surface area contributed by atoms with Crippen molar-refractivity contribution in [1.29, 1.82) is 0 Å². The summed E-state index contributed by atoms with van der Waals surface area (Å²) >= 11 is 3.53. The monoisotopic (exact) mass is 338 g/mol. The van der Waals surface area contributed by atoms with Gasteiger partial charge in [0.2, 0.25) is 0 Å². The van der Waals surface area contributed by atoms with Crippen LogP contribution in [0.5, 0.6) is 0 Å². The molecule has 2 aliphatic carbocycles. The minimum Gasteiger partial charge on any atom is -0.379 e. The van der Waals surface area contributed by atoms with Crippen molar-refractivity contribution in [2.24, 2.45) is 5.41 Å². The molecule has 3 nitrogen and oxygen atoms in total. The van der Waals surface area contributed by atoms with Crippen molar-refractivity contribution >= 4 is 21.6 Å². The van der Waals surface area contributed by atoms with E-state index in [1.165, 1.54) is 32.1 Å². The van der Waals surface area contributed by atoms with E-state index in [4.69, 9.17) is 4.74 Å². The summed E-state index contributed by atoms with van der Waals surface area (Å²) in [6.07, 6.45) is 10.0. The molecular weight excluding hydrogens is 316 g/mol. The predicted molar refractivity (Wildman–Crippen MR) is 84.9 cm³/mol. The van der Waals surface area contributed by atoms with Crippen LogP contribution < -0.4 is 5.32 Å². The van der Waals surface area contributed by atoms with Crippen molar-refractivity contribution in [3.05, 3.63) is 22.9 Å². The summed E-state index contributed by atoms with van der Waals surface area (Å²) in [5.74, 6) is 0. The number of halogens is 1. The van der Waals surface area contributed by atoms with Crippen LogP contribution in [0.15, 0.2) is 22.9 Å². The lowest BCUT2D eigenvalue weighted by molar-refractivity contribution is -0.134. The Bertz CT molecular complexity index is 460. The molecule has 2 fully saturated rings. The van der Waals surface area contributed by atoms with Crippen LogP contribution in [0.2, 0.25) is 0 Å². The number of rotatable bonds is 4. The van der Waals surface area contributed by atoms with E-state index in [1.54, 1.807) is 0 Å². The fourth-order valence-corrected chi connectivity index (χ4v) is 4.31. The van der Waals surface area contributed by atoms with Gasteiger partial charge >= 0.3 is 0 Å². The van der Waals surface area contributed by atoms with Crippen LogP contribution in [0.25, 0.3) is 0 Å². The highest BCUT2D eigenvalue weighted by Crippen LogP contribution is 2.54. The van der Waals surface area contributed by atoms with E-state index in [-0.39, 0.29) is 0 Å². The fourth-order valence-electron chi connectivity index (χ4n) is 3.95. The van der Waals surface area contributed by atoms with Crippen LogP contribution in [0.3, 0.4) is 0 Å². The zero-order chi connectivity index (χ0) is 14.0. The smallest absolute Gasteiger partial charge is 0.129 e. The maximum Gasteiger partial charge on any atom is 0.129 e. The summed E-state index contributed by atoms with van der Waals surface area (Å²) in [5, 5.41) is 3.71. The minimum absolute atomic E-state index is 0.351. The number of hydrogen-bond donors (Lipinski definition) is 1. The molecule has 20 heavy (non-hydrogen) atoms. The SMILES string of the molecule is CCOC1CC(Nc2cccnc2Br)C12CCCCC2. The second-order valence-corrected chi connectivity index (χ2v) is 6.76. The van der Waals surface area contributed by atoms with Gasteiger partial charge < -0.3 is 10.1 Å². The topological polar surface area (TPSA) is 34.1 Å². The summed E-state index contributed by atoms with van der Waals surface area (Å²) < 4.78 is 6.91. The van der Waals surface area contributed by atoms with Gasteiger partial charge in [-0.3, -0.25) is 0 Å². The van der Waals surface area contributed by atoms with E-state index in [9.17, 15) is 0 Å². The van der Waals surface area contributed by atoms with E-state index in [2.05, 4.69) is 39.2 Å². The normalized spacial score (nSPS) is 28.1. The van der Waals surface area contributed by atoms with E-state index in [0.717, 1.165) is 23.3 Å². The van der Waals surface area contributed by atoms with Gasteiger partial charge in [0.05, 0.1) is 11.8 Å². The summed E-state index contributed by atoms with van der Waals surface area (Å²) in [6.45, 7) is 2.94. The molecule has 3 rings (SSSR count). The third-order valence-corrected chi connectivity index (χ3v) is 5.66. The second-order valence-electron chi connectivity index (χ2n) is 6.01. The first kappa shape index (κ1) is 14.3. The molecule has 2 unspecified atom stereocenters. The molecule has 0 aromatic carbocycles. The highest BCUT2D eigenvalue weighted by molar-refractivity contribution is 9.10. The van der Waals surface area contributed by atoms with Crippen LogP contribution in [-0.4, -0.2) is 23.7 Å². The van der Waals surface area contributed by atoms with Crippen LogP contribution in [-0.2, 0) is 4.74 Å². The predicted octanol–water partition coefficient (Wildman–Crippen LogP) is 4.38. The van der Waals surface area contributed by atoms with Crippen LogP contribution >= 0.6 is 15.9 Å². The summed E-state index contributed by atoms with van der Waals surface area (Å²) in [6, 6.07) is 4.61. The Morgan fingerprint density at radius 3 is 2.90 bits per heavy atom. The standard InChI is InChI=1S/C16H23BrN2O/c1-2-20-14-11-13(16(14)8-4-3-5-9-16)19-12-7-6-10-18-15(12)17/h6-7,10,13-14,19H,2-5,8-9,11H2,1H3.